The molecule has 2 aromatic heterocycles. The minimum absolute atomic E-state index is 0.0567. The van der Waals surface area contributed by atoms with Gasteiger partial charge in [-0.15, -0.1) is 16.4 Å². The van der Waals surface area contributed by atoms with Crippen molar-refractivity contribution in [3.63, 3.8) is 0 Å². The molecular weight excluding hydrogens is 276 g/mol. The summed E-state index contributed by atoms with van der Waals surface area (Å²) in [6, 6.07) is 1.79. The normalized spacial score (nSPS) is 18.4. The third-order valence-electron chi connectivity index (χ3n) is 3.50. The van der Waals surface area contributed by atoms with E-state index < -0.39 is 0 Å². The van der Waals surface area contributed by atoms with E-state index in [1.54, 1.807) is 12.3 Å². The van der Waals surface area contributed by atoms with Crippen LogP contribution >= 0.6 is 11.3 Å². The number of nitrogen functional groups attached to an aromatic ring is 1. The highest BCUT2D eigenvalue weighted by molar-refractivity contribution is 7.21. The van der Waals surface area contributed by atoms with Gasteiger partial charge in [0.05, 0.1) is 30.6 Å². The van der Waals surface area contributed by atoms with Crippen LogP contribution < -0.4 is 5.73 Å². The highest BCUT2D eigenvalue weighted by atomic mass is 32.1. The first kappa shape index (κ1) is 13.3. The maximum atomic E-state index is 12.8. The molecule has 3 heterocycles. The highest BCUT2D eigenvalue weighted by Crippen LogP contribution is 2.34. The SMILES string of the molecule is CC1(C)COCCN1C(=O)c1sc2nnccc2c1N. The number of hydrogen-bond donors (Lipinski definition) is 1. The molecule has 1 aliphatic rings. The van der Waals surface area contributed by atoms with E-state index in [9.17, 15) is 4.79 Å². The molecule has 106 valence electrons. The van der Waals surface area contributed by atoms with Crippen LogP contribution in [0, 0.1) is 0 Å². The molecule has 0 saturated carbocycles. The Hall–Kier alpha value is -1.73. The number of carbonyl (C=O) groups excluding carboxylic acids is 1. The highest BCUT2D eigenvalue weighted by Gasteiger charge is 2.36. The first-order valence-electron chi connectivity index (χ1n) is 6.40. The Morgan fingerprint density at radius 3 is 3.05 bits per heavy atom. The molecule has 1 fully saturated rings. The van der Waals surface area contributed by atoms with Gasteiger partial charge < -0.3 is 15.4 Å². The molecule has 0 atom stereocenters. The van der Waals surface area contributed by atoms with E-state index in [0.717, 1.165) is 5.39 Å². The standard InChI is InChI=1S/C13H16N4O2S/c1-13(2)7-19-6-5-17(13)12(18)10-9(14)8-3-4-15-16-11(8)20-10/h3-4H,5-7,14H2,1-2H3. The summed E-state index contributed by atoms with van der Waals surface area (Å²) in [5, 5.41) is 8.64. The van der Waals surface area contributed by atoms with Crippen LogP contribution in [0.4, 0.5) is 5.69 Å². The van der Waals surface area contributed by atoms with Crippen LogP contribution in [-0.2, 0) is 4.74 Å². The summed E-state index contributed by atoms with van der Waals surface area (Å²) in [4.78, 5) is 15.8. The zero-order chi connectivity index (χ0) is 14.3. The van der Waals surface area contributed by atoms with E-state index in [-0.39, 0.29) is 11.4 Å². The van der Waals surface area contributed by atoms with Crippen LogP contribution in [0.1, 0.15) is 23.5 Å². The average molecular weight is 292 g/mol. The van der Waals surface area contributed by atoms with Crippen molar-refractivity contribution in [1.82, 2.24) is 15.1 Å². The number of carbonyl (C=O) groups is 1. The zero-order valence-electron chi connectivity index (χ0n) is 11.4. The fraction of sp³-hybridized carbons (Fsp3) is 0.462. The Morgan fingerprint density at radius 1 is 1.55 bits per heavy atom. The van der Waals surface area contributed by atoms with Crippen LogP contribution in [0.2, 0.25) is 0 Å². The molecule has 1 saturated heterocycles. The molecule has 1 amide bonds. The lowest BCUT2D eigenvalue weighted by molar-refractivity contribution is -0.0368. The molecule has 6 nitrogen and oxygen atoms in total. The van der Waals surface area contributed by atoms with Crippen molar-refractivity contribution in [2.24, 2.45) is 0 Å². The van der Waals surface area contributed by atoms with Gasteiger partial charge in [0.25, 0.3) is 5.91 Å². The third kappa shape index (κ3) is 2.03. The fourth-order valence-electron chi connectivity index (χ4n) is 2.39. The summed E-state index contributed by atoms with van der Waals surface area (Å²) in [5.74, 6) is -0.0567. The summed E-state index contributed by atoms with van der Waals surface area (Å²) in [7, 11) is 0. The lowest BCUT2D eigenvalue weighted by atomic mass is 10.0. The number of thiophene rings is 1. The fourth-order valence-corrected chi connectivity index (χ4v) is 3.38. The average Bonchev–Trinajstić information content (AvgIpc) is 2.76. The van der Waals surface area contributed by atoms with E-state index in [4.69, 9.17) is 10.5 Å². The molecule has 2 N–H and O–H groups in total. The van der Waals surface area contributed by atoms with E-state index in [1.165, 1.54) is 11.3 Å². The molecule has 0 spiro atoms. The lowest BCUT2D eigenvalue weighted by Gasteiger charge is -2.41. The number of nitrogens with zero attached hydrogens (tertiary/aromatic N) is 3. The summed E-state index contributed by atoms with van der Waals surface area (Å²) >= 11 is 1.30. The Bertz CT molecular complexity index is 667. The van der Waals surface area contributed by atoms with Crippen LogP contribution in [0.25, 0.3) is 10.2 Å². The topological polar surface area (TPSA) is 81.3 Å². The minimum atomic E-state index is -0.330. The molecule has 0 unspecified atom stereocenters. The second kappa shape index (κ2) is 4.68. The summed E-state index contributed by atoms with van der Waals surface area (Å²) in [6.45, 7) is 5.65. The van der Waals surface area contributed by atoms with Gasteiger partial charge in [-0.1, -0.05) is 0 Å². The second-order valence-electron chi connectivity index (χ2n) is 5.42. The van der Waals surface area contributed by atoms with Crippen LogP contribution in [-0.4, -0.2) is 46.3 Å². The quantitative estimate of drug-likeness (QED) is 0.862. The first-order valence-corrected chi connectivity index (χ1v) is 7.22. The maximum absolute atomic E-state index is 12.8. The van der Waals surface area contributed by atoms with Gasteiger partial charge in [0, 0.05) is 11.9 Å². The van der Waals surface area contributed by atoms with Crippen molar-refractivity contribution in [3.05, 3.63) is 17.1 Å². The van der Waals surface area contributed by atoms with Crippen molar-refractivity contribution in [2.45, 2.75) is 19.4 Å². The van der Waals surface area contributed by atoms with Crippen molar-refractivity contribution < 1.29 is 9.53 Å². The zero-order valence-corrected chi connectivity index (χ0v) is 12.2. The monoisotopic (exact) mass is 292 g/mol. The number of hydrogen-bond acceptors (Lipinski definition) is 6. The Labute approximate surface area is 120 Å². The van der Waals surface area contributed by atoms with Gasteiger partial charge in [0.2, 0.25) is 0 Å². The maximum Gasteiger partial charge on any atom is 0.266 e. The molecule has 0 aliphatic carbocycles. The van der Waals surface area contributed by atoms with E-state index >= 15 is 0 Å². The van der Waals surface area contributed by atoms with Gasteiger partial charge in [-0.3, -0.25) is 4.79 Å². The Morgan fingerprint density at radius 2 is 2.35 bits per heavy atom. The van der Waals surface area contributed by atoms with Crippen LogP contribution in [0.5, 0.6) is 0 Å². The Kier molecular flexibility index (Phi) is 3.10. The van der Waals surface area contributed by atoms with Gasteiger partial charge in [0.1, 0.15) is 9.71 Å². The molecule has 2 aromatic rings. The molecule has 7 heteroatoms. The van der Waals surface area contributed by atoms with E-state index in [1.807, 2.05) is 18.7 Å². The van der Waals surface area contributed by atoms with Crippen molar-refractivity contribution >= 4 is 33.1 Å². The van der Waals surface area contributed by atoms with Crippen LogP contribution in [0.3, 0.4) is 0 Å². The van der Waals surface area contributed by atoms with Crippen LogP contribution in [0.15, 0.2) is 12.3 Å². The molecule has 1 aliphatic heterocycles. The summed E-state index contributed by atoms with van der Waals surface area (Å²) < 4.78 is 5.45. The number of fused-ring (bicyclic) bond motifs is 1. The summed E-state index contributed by atoms with van der Waals surface area (Å²) in [5.41, 5.74) is 6.26. The number of amides is 1. The van der Waals surface area contributed by atoms with Crippen molar-refractivity contribution in [2.75, 3.05) is 25.5 Å². The second-order valence-corrected chi connectivity index (χ2v) is 6.42. The van der Waals surface area contributed by atoms with Gasteiger partial charge in [-0.25, -0.2) is 0 Å². The van der Waals surface area contributed by atoms with Gasteiger partial charge >= 0.3 is 0 Å². The first-order chi connectivity index (χ1) is 9.50. The predicted octanol–water partition coefficient (Wildman–Crippen LogP) is 1.52. The summed E-state index contributed by atoms with van der Waals surface area (Å²) in [6.07, 6.45) is 1.58. The largest absolute Gasteiger partial charge is 0.397 e. The number of nitrogens with two attached hydrogens (primary N) is 1. The smallest absolute Gasteiger partial charge is 0.266 e. The van der Waals surface area contributed by atoms with Gasteiger partial charge in [0.15, 0.2) is 0 Å². The number of rotatable bonds is 1. The number of anilines is 1. The lowest BCUT2D eigenvalue weighted by Crippen LogP contribution is -2.55. The number of morpholine rings is 1. The Balaban J connectivity index is 2.02. The molecule has 3 rings (SSSR count). The van der Waals surface area contributed by atoms with E-state index in [2.05, 4.69) is 10.2 Å². The van der Waals surface area contributed by atoms with Gasteiger partial charge in [-0.2, -0.15) is 5.10 Å². The van der Waals surface area contributed by atoms with Crippen molar-refractivity contribution in [3.8, 4) is 0 Å². The number of ether oxygens (including phenoxy) is 1. The molecular formula is C13H16N4O2S. The predicted molar refractivity (Wildman–Crippen MR) is 77.8 cm³/mol. The minimum Gasteiger partial charge on any atom is -0.397 e. The molecule has 0 radical (unpaired) electrons. The van der Waals surface area contributed by atoms with Crippen molar-refractivity contribution in [1.29, 1.82) is 0 Å². The third-order valence-corrected chi connectivity index (χ3v) is 4.60. The number of aromatic nitrogens is 2. The molecule has 0 bridgehead atoms. The van der Waals surface area contributed by atoms with Gasteiger partial charge in [-0.05, 0) is 19.9 Å². The molecule has 20 heavy (non-hydrogen) atoms. The van der Waals surface area contributed by atoms with E-state index in [0.29, 0.717) is 35.2 Å². The molecule has 0 aromatic carbocycles.